The van der Waals surface area contributed by atoms with E-state index in [1.165, 1.54) is 0 Å². The molecule has 0 bridgehead atoms. The number of piperazine rings is 1. The molecule has 0 aromatic carbocycles. The number of carbonyl (C=O) groups is 2. The van der Waals surface area contributed by atoms with Gasteiger partial charge in [0.25, 0.3) is 0 Å². The average Bonchev–Trinajstić information content (AvgIpc) is 2.37. The summed E-state index contributed by atoms with van der Waals surface area (Å²) in [6, 6.07) is -1.30. The van der Waals surface area contributed by atoms with Crippen molar-refractivity contribution in [3.63, 3.8) is 0 Å². The number of nitrogens with one attached hydrogen (secondary N) is 2. The molecule has 19 heavy (non-hydrogen) atoms. The smallest absolute Gasteiger partial charge is 0.330 e. The van der Waals surface area contributed by atoms with Crippen molar-refractivity contribution in [2.75, 3.05) is 33.2 Å². The van der Waals surface area contributed by atoms with Gasteiger partial charge in [-0.3, -0.25) is 5.43 Å². The van der Waals surface area contributed by atoms with Crippen LogP contribution in [0.4, 0.5) is 4.79 Å². The first-order chi connectivity index (χ1) is 8.93. The Bertz CT molecular complexity index is 316. The molecule has 1 rings (SSSR count). The number of hydrogen-bond acceptors (Lipinski definition) is 4. The monoisotopic (exact) mass is 272 g/mol. The van der Waals surface area contributed by atoms with Crippen molar-refractivity contribution in [2.45, 2.75) is 26.3 Å². The van der Waals surface area contributed by atoms with Crippen LogP contribution in [0.15, 0.2) is 0 Å². The van der Waals surface area contributed by atoms with E-state index in [-0.39, 0.29) is 5.92 Å². The van der Waals surface area contributed by atoms with E-state index in [0.29, 0.717) is 6.42 Å². The number of likely N-dealkylation sites (N-methyl/N-ethyl adjacent to an activating group) is 1. The maximum atomic E-state index is 11.8. The Morgan fingerprint density at radius 1 is 1.26 bits per heavy atom. The van der Waals surface area contributed by atoms with E-state index < -0.39 is 18.0 Å². The van der Waals surface area contributed by atoms with Crippen molar-refractivity contribution in [1.82, 2.24) is 20.7 Å². The number of carbonyl (C=O) groups excluding carboxylic acids is 1. The van der Waals surface area contributed by atoms with Gasteiger partial charge in [-0.15, -0.1) is 0 Å². The molecule has 0 aromatic heterocycles. The van der Waals surface area contributed by atoms with Gasteiger partial charge < -0.3 is 15.3 Å². The van der Waals surface area contributed by atoms with Crippen LogP contribution in [-0.2, 0) is 4.79 Å². The summed E-state index contributed by atoms with van der Waals surface area (Å²) >= 11 is 0. The number of hydrogen-bond donors (Lipinski definition) is 3. The molecular weight excluding hydrogens is 248 g/mol. The van der Waals surface area contributed by atoms with Crippen molar-refractivity contribution < 1.29 is 14.7 Å². The minimum absolute atomic E-state index is 0.101. The lowest BCUT2D eigenvalue weighted by Gasteiger charge is -2.32. The number of aliphatic carboxylic acids is 1. The number of urea groups is 1. The van der Waals surface area contributed by atoms with Crippen LogP contribution in [0.5, 0.6) is 0 Å². The first-order valence-corrected chi connectivity index (χ1v) is 6.67. The summed E-state index contributed by atoms with van der Waals surface area (Å²) in [7, 11) is 2.03. The van der Waals surface area contributed by atoms with Crippen LogP contribution in [0.3, 0.4) is 0 Å². The van der Waals surface area contributed by atoms with Crippen LogP contribution in [0.2, 0.25) is 0 Å². The molecule has 7 nitrogen and oxygen atoms in total. The average molecular weight is 272 g/mol. The molecule has 110 valence electrons. The first-order valence-electron chi connectivity index (χ1n) is 6.67. The summed E-state index contributed by atoms with van der Waals surface area (Å²) in [6.45, 7) is 6.97. The van der Waals surface area contributed by atoms with Crippen LogP contribution < -0.4 is 10.7 Å². The van der Waals surface area contributed by atoms with E-state index in [2.05, 4.69) is 15.6 Å². The largest absolute Gasteiger partial charge is 0.480 e. The maximum Gasteiger partial charge on any atom is 0.330 e. The van der Waals surface area contributed by atoms with E-state index in [9.17, 15) is 9.59 Å². The standard InChI is InChI=1S/C12H24N4O3/c1-4-9(2)10(11(17)18)13-12(19)14-16-7-5-15(3)6-8-16/h9-10H,4-8H2,1-3H3,(H,17,18)(H2,13,14,19)/t9-,10-/m0/s1. The Kier molecular flexibility index (Phi) is 6.04. The number of carboxylic acids is 1. The van der Waals surface area contributed by atoms with Gasteiger partial charge in [0.2, 0.25) is 0 Å². The van der Waals surface area contributed by atoms with Crippen LogP contribution in [0.1, 0.15) is 20.3 Å². The van der Waals surface area contributed by atoms with Crippen LogP contribution in [0, 0.1) is 5.92 Å². The van der Waals surface area contributed by atoms with E-state index in [1.54, 1.807) is 0 Å². The summed E-state index contributed by atoms with van der Waals surface area (Å²) < 4.78 is 0. The third-order valence-electron chi connectivity index (χ3n) is 3.53. The molecule has 1 aliphatic rings. The van der Waals surface area contributed by atoms with Gasteiger partial charge in [-0.2, -0.15) is 0 Å². The molecule has 0 radical (unpaired) electrons. The van der Waals surface area contributed by atoms with E-state index in [0.717, 1.165) is 26.2 Å². The minimum Gasteiger partial charge on any atom is -0.480 e. The van der Waals surface area contributed by atoms with Gasteiger partial charge in [0.1, 0.15) is 6.04 Å². The van der Waals surface area contributed by atoms with E-state index in [4.69, 9.17) is 5.11 Å². The number of hydrazine groups is 1. The Balaban J connectivity index is 2.42. The second kappa shape index (κ2) is 7.30. The van der Waals surface area contributed by atoms with Crippen LogP contribution in [0.25, 0.3) is 0 Å². The molecule has 7 heteroatoms. The maximum absolute atomic E-state index is 11.8. The lowest BCUT2D eigenvalue weighted by molar-refractivity contribution is -0.140. The Labute approximate surface area is 113 Å². The molecule has 2 atom stereocenters. The van der Waals surface area contributed by atoms with Gasteiger partial charge >= 0.3 is 12.0 Å². The highest BCUT2D eigenvalue weighted by Gasteiger charge is 2.26. The highest BCUT2D eigenvalue weighted by atomic mass is 16.4. The quantitative estimate of drug-likeness (QED) is 0.653. The molecule has 2 amide bonds. The molecule has 1 saturated heterocycles. The van der Waals surface area contributed by atoms with Gasteiger partial charge in [-0.05, 0) is 13.0 Å². The molecule has 0 spiro atoms. The van der Waals surface area contributed by atoms with Gasteiger partial charge in [0.05, 0.1) is 0 Å². The molecule has 3 N–H and O–H groups in total. The molecule has 0 unspecified atom stereocenters. The molecule has 0 aliphatic carbocycles. The fourth-order valence-electron chi connectivity index (χ4n) is 1.92. The number of amides is 2. The van der Waals surface area contributed by atoms with E-state index >= 15 is 0 Å². The van der Waals surface area contributed by atoms with Crippen molar-refractivity contribution >= 4 is 12.0 Å². The predicted molar refractivity (Wildman–Crippen MR) is 71.6 cm³/mol. The molecule has 1 heterocycles. The van der Waals surface area contributed by atoms with Gasteiger partial charge in [-0.1, -0.05) is 20.3 Å². The fraction of sp³-hybridized carbons (Fsp3) is 0.833. The number of nitrogens with zero attached hydrogens (tertiary/aromatic N) is 2. The van der Waals surface area contributed by atoms with Crippen molar-refractivity contribution in [2.24, 2.45) is 5.92 Å². The normalized spacial score (nSPS) is 20.6. The van der Waals surface area contributed by atoms with Crippen LogP contribution >= 0.6 is 0 Å². The predicted octanol–water partition coefficient (Wildman–Crippen LogP) is -0.0527. The Morgan fingerprint density at radius 2 is 1.84 bits per heavy atom. The van der Waals surface area contributed by atoms with E-state index in [1.807, 2.05) is 25.9 Å². The van der Waals surface area contributed by atoms with Crippen molar-refractivity contribution in [3.05, 3.63) is 0 Å². The Morgan fingerprint density at radius 3 is 2.32 bits per heavy atom. The topological polar surface area (TPSA) is 84.9 Å². The highest BCUT2D eigenvalue weighted by Crippen LogP contribution is 2.07. The zero-order valence-electron chi connectivity index (χ0n) is 11.8. The SMILES string of the molecule is CC[C@H](C)[C@H](NC(=O)NN1CCN(C)CC1)C(=O)O. The molecule has 0 aromatic rings. The Hall–Kier alpha value is -1.34. The first kappa shape index (κ1) is 15.7. The second-order valence-corrected chi connectivity index (χ2v) is 5.08. The van der Waals surface area contributed by atoms with Gasteiger partial charge in [-0.25, -0.2) is 14.6 Å². The summed E-state index contributed by atoms with van der Waals surface area (Å²) in [5.41, 5.74) is 2.70. The van der Waals surface area contributed by atoms with Crippen molar-refractivity contribution in [3.8, 4) is 0 Å². The molecule has 1 fully saturated rings. The molecule has 0 saturated carbocycles. The third kappa shape index (κ3) is 5.04. The van der Waals surface area contributed by atoms with Gasteiger partial charge in [0.15, 0.2) is 0 Å². The zero-order chi connectivity index (χ0) is 14.4. The summed E-state index contributed by atoms with van der Waals surface area (Å²) in [5.74, 6) is -1.10. The summed E-state index contributed by atoms with van der Waals surface area (Å²) in [5, 5.41) is 13.4. The van der Waals surface area contributed by atoms with Crippen molar-refractivity contribution in [1.29, 1.82) is 0 Å². The fourth-order valence-corrected chi connectivity index (χ4v) is 1.92. The lowest BCUT2D eigenvalue weighted by Crippen LogP contribution is -2.57. The second-order valence-electron chi connectivity index (χ2n) is 5.08. The summed E-state index contributed by atoms with van der Waals surface area (Å²) in [6.07, 6.45) is 0.700. The minimum atomic E-state index is -0.997. The van der Waals surface area contributed by atoms with Crippen LogP contribution in [-0.4, -0.2) is 66.3 Å². The number of carboxylic acid groups (broad SMARTS) is 1. The molecular formula is C12H24N4O3. The third-order valence-corrected chi connectivity index (χ3v) is 3.53. The lowest BCUT2D eigenvalue weighted by atomic mass is 10.00. The summed E-state index contributed by atoms with van der Waals surface area (Å²) in [4.78, 5) is 25.1. The molecule has 1 aliphatic heterocycles. The zero-order valence-corrected chi connectivity index (χ0v) is 11.8. The number of rotatable bonds is 5. The highest BCUT2D eigenvalue weighted by molar-refractivity contribution is 5.82. The van der Waals surface area contributed by atoms with Gasteiger partial charge in [0, 0.05) is 26.2 Å².